The van der Waals surface area contributed by atoms with E-state index in [1.165, 1.54) is 5.38 Å². The molecular formula is C35H39N7O9S. The van der Waals surface area contributed by atoms with E-state index < -0.39 is 53.3 Å². The number of oxime groups is 1. The molecule has 1 saturated heterocycles. The number of rotatable bonds is 14. The number of nitrogens with zero attached hydrogens (tertiary/aromatic N) is 2. The van der Waals surface area contributed by atoms with Crippen molar-refractivity contribution in [1.29, 1.82) is 0 Å². The number of thiazole rings is 1. The summed E-state index contributed by atoms with van der Waals surface area (Å²) in [4.78, 5) is 71.8. The molecule has 1 saturated carbocycles. The summed E-state index contributed by atoms with van der Waals surface area (Å²) < 4.78 is 10.8. The number of nitrogens with one attached hydrogen (secondary N) is 5. The summed E-state index contributed by atoms with van der Waals surface area (Å²) in [6, 6.07) is 14.7. The number of carbonyl (C=O) groups is 5. The molecule has 6 N–H and O–H groups in total. The minimum absolute atomic E-state index is 0.0107. The zero-order chi connectivity index (χ0) is 37.0. The summed E-state index contributed by atoms with van der Waals surface area (Å²) >= 11 is 0.982. The smallest absolute Gasteiger partial charge is 0.413 e. The first-order valence-corrected chi connectivity index (χ1v) is 17.6. The number of aromatic nitrogens is 1. The normalized spacial score (nSPS) is 18.5. The van der Waals surface area contributed by atoms with E-state index in [4.69, 9.17) is 14.3 Å². The van der Waals surface area contributed by atoms with Crippen LogP contribution in [-0.2, 0) is 28.7 Å². The predicted molar refractivity (Wildman–Crippen MR) is 189 cm³/mol. The molecule has 3 aliphatic rings. The van der Waals surface area contributed by atoms with Gasteiger partial charge in [0, 0.05) is 43.8 Å². The number of benzene rings is 2. The van der Waals surface area contributed by atoms with Crippen molar-refractivity contribution in [3.63, 3.8) is 0 Å². The third kappa shape index (κ3) is 8.32. The molecule has 0 spiro atoms. The van der Waals surface area contributed by atoms with Gasteiger partial charge in [0.2, 0.25) is 11.5 Å². The van der Waals surface area contributed by atoms with E-state index in [1.54, 1.807) is 20.8 Å². The highest BCUT2D eigenvalue weighted by Crippen LogP contribution is 2.44. The Labute approximate surface area is 302 Å². The Morgan fingerprint density at radius 3 is 2.31 bits per heavy atom. The molecule has 0 unspecified atom stereocenters. The second-order valence-corrected chi connectivity index (χ2v) is 14.4. The average Bonchev–Trinajstić information content (AvgIpc) is 3.65. The number of amides is 4. The molecule has 6 rings (SSSR count). The Hall–Kier alpha value is -5.55. The molecule has 2 aromatic carbocycles. The standard InChI is InChI=1S/C35H39N7O9S/c1-34(2,3)50-33(48)41-31-39-25(18-52-31)27(42-51-35(12-13-35)30(45)46)29(44)40-26-24(38-28(26)43)16-36-14-15-37-32(47)49-17-23-21-10-6-4-8-19(21)20-9-5-7-11-22(20)23/h4-11,18,23-24,26,36H,12-17H2,1-3H3,(H,37,47)(H,38,43)(H,40,44)(H,45,46)(H,39,41,48)/t24-,26+/m1/s1. The van der Waals surface area contributed by atoms with Crippen molar-refractivity contribution in [3.8, 4) is 11.1 Å². The topological polar surface area (TPSA) is 219 Å². The minimum atomic E-state index is -1.55. The lowest BCUT2D eigenvalue weighted by Gasteiger charge is -2.37. The predicted octanol–water partition coefficient (Wildman–Crippen LogP) is 2.94. The first-order valence-electron chi connectivity index (χ1n) is 16.7. The molecule has 1 aromatic heterocycles. The maximum absolute atomic E-state index is 13.4. The highest BCUT2D eigenvalue weighted by Gasteiger charge is 2.55. The number of fused-ring (bicyclic) bond motifs is 3. The molecule has 2 heterocycles. The third-order valence-electron chi connectivity index (χ3n) is 8.55. The fraction of sp³-hybridized carbons (Fsp3) is 0.400. The van der Waals surface area contributed by atoms with E-state index in [1.807, 2.05) is 36.4 Å². The number of carboxylic acids is 1. The van der Waals surface area contributed by atoms with Gasteiger partial charge in [-0.2, -0.15) is 0 Å². The number of alkyl carbamates (subject to hydrolysis) is 1. The summed E-state index contributed by atoms with van der Waals surface area (Å²) in [5.41, 5.74) is 1.82. The van der Waals surface area contributed by atoms with Gasteiger partial charge in [-0.1, -0.05) is 53.7 Å². The van der Waals surface area contributed by atoms with E-state index >= 15 is 0 Å². The Morgan fingerprint density at radius 1 is 1.02 bits per heavy atom. The molecule has 16 nitrogen and oxygen atoms in total. The van der Waals surface area contributed by atoms with Crippen molar-refractivity contribution in [3.05, 3.63) is 70.7 Å². The van der Waals surface area contributed by atoms with E-state index in [0.29, 0.717) is 6.54 Å². The maximum atomic E-state index is 13.4. The number of carboxylic acid groups (broad SMARTS) is 1. The number of hydrogen-bond donors (Lipinski definition) is 6. The van der Waals surface area contributed by atoms with Crippen LogP contribution in [0.1, 0.15) is 56.4 Å². The van der Waals surface area contributed by atoms with Gasteiger partial charge in [-0.15, -0.1) is 11.3 Å². The van der Waals surface area contributed by atoms with Crippen LogP contribution < -0.4 is 26.6 Å². The quantitative estimate of drug-likeness (QED) is 0.0613. The maximum Gasteiger partial charge on any atom is 0.413 e. The van der Waals surface area contributed by atoms with Crippen LogP contribution in [0.15, 0.2) is 59.1 Å². The number of anilines is 1. The van der Waals surface area contributed by atoms with Gasteiger partial charge in [-0.3, -0.25) is 14.9 Å². The Kier molecular flexibility index (Phi) is 10.4. The number of β-lactam (4-membered cyclic amide) rings is 1. The molecule has 3 aromatic rings. The van der Waals surface area contributed by atoms with Gasteiger partial charge in [0.1, 0.15) is 23.9 Å². The van der Waals surface area contributed by atoms with Crippen LogP contribution in [0.2, 0.25) is 0 Å². The molecule has 17 heteroatoms. The molecule has 52 heavy (non-hydrogen) atoms. The van der Waals surface area contributed by atoms with Crippen LogP contribution in [0.3, 0.4) is 0 Å². The summed E-state index contributed by atoms with van der Waals surface area (Å²) in [5, 5.41) is 28.6. The van der Waals surface area contributed by atoms with Crippen LogP contribution in [0.4, 0.5) is 14.7 Å². The lowest BCUT2D eigenvalue weighted by molar-refractivity contribution is -0.153. The number of carbonyl (C=O) groups excluding carboxylic acids is 4. The van der Waals surface area contributed by atoms with Gasteiger partial charge in [0.15, 0.2) is 10.8 Å². The second-order valence-electron chi connectivity index (χ2n) is 13.5. The third-order valence-corrected chi connectivity index (χ3v) is 9.31. The first kappa shape index (κ1) is 36.2. The van der Waals surface area contributed by atoms with Crippen molar-refractivity contribution in [2.24, 2.45) is 5.16 Å². The number of aliphatic carboxylic acids is 1. The molecule has 2 atom stereocenters. The highest BCUT2D eigenvalue weighted by molar-refractivity contribution is 7.14. The Balaban J connectivity index is 0.982. The minimum Gasteiger partial charge on any atom is -0.478 e. The van der Waals surface area contributed by atoms with Crippen LogP contribution in [0.25, 0.3) is 11.1 Å². The first-order chi connectivity index (χ1) is 24.8. The van der Waals surface area contributed by atoms with Crippen molar-refractivity contribution < 1.29 is 43.4 Å². The van der Waals surface area contributed by atoms with Crippen molar-refractivity contribution in [1.82, 2.24) is 26.3 Å². The van der Waals surface area contributed by atoms with Crippen LogP contribution in [0, 0.1) is 0 Å². The van der Waals surface area contributed by atoms with Crippen LogP contribution >= 0.6 is 11.3 Å². The van der Waals surface area contributed by atoms with Gasteiger partial charge >= 0.3 is 18.2 Å². The molecule has 4 amide bonds. The molecule has 1 aliphatic heterocycles. The van der Waals surface area contributed by atoms with E-state index in [0.717, 1.165) is 33.6 Å². The van der Waals surface area contributed by atoms with Gasteiger partial charge in [0.05, 0.1) is 6.04 Å². The molecular weight excluding hydrogens is 694 g/mol. The summed E-state index contributed by atoms with van der Waals surface area (Å²) in [6.45, 7) is 6.15. The van der Waals surface area contributed by atoms with E-state index in [2.05, 4.69) is 48.9 Å². The van der Waals surface area contributed by atoms with Crippen molar-refractivity contribution in [2.75, 3.05) is 31.6 Å². The van der Waals surface area contributed by atoms with Crippen molar-refractivity contribution in [2.45, 2.75) is 62.8 Å². The fourth-order valence-electron chi connectivity index (χ4n) is 5.77. The Morgan fingerprint density at radius 2 is 1.69 bits per heavy atom. The van der Waals surface area contributed by atoms with Gasteiger partial charge in [0.25, 0.3) is 5.91 Å². The number of hydrogen-bond acceptors (Lipinski definition) is 12. The van der Waals surface area contributed by atoms with E-state index in [-0.39, 0.29) is 55.0 Å². The molecule has 274 valence electrons. The summed E-state index contributed by atoms with van der Waals surface area (Å²) in [5.74, 6) is -2.55. The zero-order valence-corrected chi connectivity index (χ0v) is 29.5. The van der Waals surface area contributed by atoms with E-state index in [9.17, 15) is 29.1 Å². The lowest BCUT2D eigenvalue weighted by Crippen LogP contribution is -2.72. The average molecular weight is 734 g/mol. The van der Waals surface area contributed by atoms with Gasteiger partial charge in [-0.25, -0.2) is 19.4 Å². The molecule has 0 radical (unpaired) electrons. The Bertz CT molecular complexity index is 1860. The second kappa shape index (κ2) is 15.0. The van der Waals surface area contributed by atoms with Gasteiger partial charge in [-0.05, 0) is 43.0 Å². The monoisotopic (exact) mass is 733 g/mol. The highest BCUT2D eigenvalue weighted by atomic mass is 32.1. The lowest BCUT2D eigenvalue weighted by atomic mass is 9.98. The summed E-state index contributed by atoms with van der Waals surface area (Å²) in [6.07, 6.45) is -0.899. The van der Waals surface area contributed by atoms with Crippen LogP contribution in [0.5, 0.6) is 0 Å². The largest absolute Gasteiger partial charge is 0.478 e. The van der Waals surface area contributed by atoms with Crippen molar-refractivity contribution >= 4 is 52.2 Å². The molecule has 0 bridgehead atoms. The van der Waals surface area contributed by atoms with Crippen LogP contribution in [-0.4, -0.2) is 95.3 Å². The van der Waals surface area contributed by atoms with Gasteiger partial charge < -0.3 is 40.7 Å². The SMILES string of the molecule is CC(C)(C)OC(=O)Nc1nc(C(=NOC2(C(=O)O)CC2)C(=O)N[C@@H]2C(=O)N[C@@H]2CNCCNC(=O)OCC2c3ccccc3-c3ccccc32)cs1. The summed E-state index contributed by atoms with van der Waals surface area (Å²) in [7, 11) is 0. The molecule has 2 aliphatic carbocycles. The fourth-order valence-corrected chi connectivity index (χ4v) is 6.45. The zero-order valence-electron chi connectivity index (χ0n) is 28.7. The number of ether oxygens (including phenoxy) is 2. The molecule has 2 fully saturated rings.